The number of benzene rings is 1. The van der Waals surface area contributed by atoms with Crippen molar-refractivity contribution in [3.63, 3.8) is 0 Å². The first-order valence-corrected chi connectivity index (χ1v) is 8.12. The average Bonchev–Trinajstić information content (AvgIpc) is 2.68. The van der Waals surface area contributed by atoms with Gasteiger partial charge in [-0.3, -0.25) is 4.79 Å². The maximum absolute atomic E-state index is 12.9. The van der Waals surface area contributed by atoms with E-state index in [0.717, 1.165) is 31.2 Å². The molecule has 1 heterocycles. The molecule has 3 nitrogen and oxygen atoms in total. The number of amides is 1. The number of hydrogen-bond donors (Lipinski definition) is 1. The Hall–Kier alpha value is -2.19. The number of halogens is 1. The Morgan fingerprint density at radius 1 is 1.18 bits per heavy atom. The zero-order chi connectivity index (χ0) is 15.5. The first-order valence-electron chi connectivity index (χ1n) is 7.30. The van der Waals surface area contributed by atoms with Crippen molar-refractivity contribution in [2.24, 2.45) is 0 Å². The molecule has 0 unspecified atom stereocenters. The van der Waals surface area contributed by atoms with Gasteiger partial charge in [-0.2, -0.15) is 5.26 Å². The topological polar surface area (TPSA) is 52.9 Å². The molecule has 1 aromatic heterocycles. The minimum Gasteiger partial charge on any atom is -0.312 e. The van der Waals surface area contributed by atoms with E-state index in [0.29, 0.717) is 16.1 Å². The second-order valence-electron chi connectivity index (χ2n) is 5.34. The first-order chi connectivity index (χ1) is 10.7. The average molecular weight is 314 g/mol. The van der Waals surface area contributed by atoms with E-state index in [-0.39, 0.29) is 11.7 Å². The van der Waals surface area contributed by atoms with Gasteiger partial charge >= 0.3 is 0 Å². The zero-order valence-electron chi connectivity index (χ0n) is 12.0. The molecule has 2 aromatic rings. The Morgan fingerprint density at radius 3 is 2.64 bits per heavy atom. The van der Waals surface area contributed by atoms with E-state index in [1.54, 1.807) is 0 Å². The molecule has 22 heavy (non-hydrogen) atoms. The largest absolute Gasteiger partial charge is 0.312 e. The summed E-state index contributed by atoms with van der Waals surface area (Å²) in [6.45, 7) is 0. The summed E-state index contributed by atoms with van der Waals surface area (Å²) in [5.41, 5.74) is 2.07. The molecule has 5 heteroatoms. The lowest BCUT2D eigenvalue weighted by atomic mass is 10.1. The summed E-state index contributed by atoms with van der Waals surface area (Å²) < 4.78 is 12.9. The molecule has 1 aromatic carbocycles. The summed E-state index contributed by atoms with van der Waals surface area (Å²) in [5, 5.41) is 12.9. The molecule has 0 saturated heterocycles. The second-order valence-corrected chi connectivity index (χ2v) is 6.45. The van der Waals surface area contributed by atoms with Crippen molar-refractivity contribution in [3.05, 3.63) is 51.7 Å². The van der Waals surface area contributed by atoms with Crippen LogP contribution in [0, 0.1) is 17.1 Å². The molecule has 3 rings (SSSR count). The standard InChI is InChI=1S/C17H15FN2OS/c18-12-8-6-11(7-9-12)16(21)20-17-14(10-19)13-4-2-1-3-5-15(13)22-17/h6-9H,1-5H2,(H,20,21). The van der Waals surface area contributed by atoms with E-state index in [1.165, 1.54) is 46.9 Å². The highest BCUT2D eigenvalue weighted by molar-refractivity contribution is 7.16. The number of aryl methyl sites for hydroxylation is 1. The fourth-order valence-corrected chi connectivity index (χ4v) is 3.96. The van der Waals surface area contributed by atoms with Crippen LogP contribution < -0.4 is 5.32 Å². The molecule has 0 fully saturated rings. The predicted molar refractivity (Wildman–Crippen MR) is 84.6 cm³/mol. The smallest absolute Gasteiger partial charge is 0.256 e. The van der Waals surface area contributed by atoms with Gasteiger partial charge in [-0.1, -0.05) is 6.42 Å². The van der Waals surface area contributed by atoms with E-state index in [4.69, 9.17) is 0 Å². The molecule has 1 amide bonds. The van der Waals surface area contributed by atoms with Gasteiger partial charge in [0, 0.05) is 10.4 Å². The lowest BCUT2D eigenvalue weighted by molar-refractivity contribution is 0.102. The highest BCUT2D eigenvalue weighted by Gasteiger charge is 2.21. The van der Waals surface area contributed by atoms with Gasteiger partial charge in [-0.15, -0.1) is 11.3 Å². The minimum absolute atomic E-state index is 0.312. The molecule has 0 aliphatic heterocycles. The van der Waals surface area contributed by atoms with Crippen LogP contribution in [0.15, 0.2) is 24.3 Å². The molecule has 0 saturated carbocycles. The highest BCUT2D eigenvalue weighted by atomic mass is 32.1. The molecule has 0 bridgehead atoms. The first kappa shape index (κ1) is 14.7. The van der Waals surface area contributed by atoms with Crippen LogP contribution in [0.25, 0.3) is 0 Å². The summed E-state index contributed by atoms with van der Waals surface area (Å²) in [4.78, 5) is 13.4. The van der Waals surface area contributed by atoms with Crippen molar-refractivity contribution in [2.75, 3.05) is 5.32 Å². The van der Waals surface area contributed by atoms with Crippen LogP contribution in [0.3, 0.4) is 0 Å². The maximum Gasteiger partial charge on any atom is 0.256 e. The van der Waals surface area contributed by atoms with E-state index < -0.39 is 0 Å². The van der Waals surface area contributed by atoms with E-state index >= 15 is 0 Å². The molecular formula is C17H15FN2OS. The molecular weight excluding hydrogens is 299 g/mol. The van der Waals surface area contributed by atoms with Crippen LogP contribution in [0.1, 0.15) is 45.6 Å². The SMILES string of the molecule is N#Cc1c(NC(=O)c2ccc(F)cc2)sc2c1CCCCC2. The minimum atomic E-state index is -0.378. The molecule has 1 N–H and O–H groups in total. The van der Waals surface area contributed by atoms with E-state index in [2.05, 4.69) is 11.4 Å². The van der Waals surface area contributed by atoms with Crippen LogP contribution in [0.2, 0.25) is 0 Å². The molecule has 112 valence electrons. The van der Waals surface area contributed by atoms with Gasteiger partial charge in [0.15, 0.2) is 0 Å². The summed E-state index contributed by atoms with van der Waals surface area (Å²) in [7, 11) is 0. The van der Waals surface area contributed by atoms with Crippen LogP contribution in [0.4, 0.5) is 9.39 Å². The number of hydrogen-bond acceptors (Lipinski definition) is 3. The lowest BCUT2D eigenvalue weighted by Gasteiger charge is -2.04. The number of rotatable bonds is 2. The van der Waals surface area contributed by atoms with Crippen molar-refractivity contribution >= 4 is 22.2 Å². The monoisotopic (exact) mass is 314 g/mol. The van der Waals surface area contributed by atoms with Crippen molar-refractivity contribution < 1.29 is 9.18 Å². The fraction of sp³-hybridized carbons (Fsp3) is 0.294. The third-order valence-corrected chi connectivity index (χ3v) is 5.07. The van der Waals surface area contributed by atoms with Gasteiger partial charge in [0.25, 0.3) is 5.91 Å². The fourth-order valence-electron chi connectivity index (χ4n) is 2.73. The van der Waals surface area contributed by atoms with Crippen LogP contribution in [0.5, 0.6) is 0 Å². The van der Waals surface area contributed by atoms with Crippen molar-refractivity contribution in [1.29, 1.82) is 5.26 Å². The lowest BCUT2D eigenvalue weighted by Crippen LogP contribution is -2.11. The van der Waals surface area contributed by atoms with Crippen molar-refractivity contribution in [3.8, 4) is 6.07 Å². The Labute approximate surface area is 132 Å². The third-order valence-electron chi connectivity index (χ3n) is 3.87. The molecule has 0 spiro atoms. The Kier molecular flexibility index (Phi) is 4.21. The van der Waals surface area contributed by atoms with Crippen molar-refractivity contribution in [1.82, 2.24) is 0 Å². The second kappa shape index (κ2) is 6.29. The van der Waals surface area contributed by atoms with Crippen LogP contribution >= 0.6 is 11.3 Å². The number of carbonyl (C=O) groups excluding carboxylic acids is 1. The summed E-state index contributed by atoms with van der Waals surface area (Å²) in [6.07, 6.45) is 5.28. The number of anilines is 1. The summed E-state index contributed by atoms with van der Waals surface area (Å²) in [5.74, 6) is -0.690. The zero-order valence-corrected chi connectivity index (χ0v) is 12.8. The maximum atomic E-state index is 12.9. The summed E-state index contributed by atoms with van der Waals surface area (Å²) >= 11 is 1.50. The number of carbonyl (C=O) groups is 1. The van der Waals surface area contributed by atoms with Crippen molar-refractivity contribution in [2.45, 2.75) is 32.1 Å². The van der Waals surface area contributed by atoms with Gasteiger partial charge in [-0.25, -0.2) is 4.39 Å². The third kappa shape index (κ3) is 2.88. The van der Waals surface area contributed by atoms with Crippen LogP contribution in [-0.2, 0) is 12.8 Å². The quantitative estimate of drug-likeness (QED) is 0.841. The molecule has 1 aliphatic carbocycles. The van der Waals surface area contributed by atoms with Gasteiger partial charge < -0.3 is 5.32 Å². The number of nitrogens with one attached hydrogen (secondary N) is 1. The van der Waals surface area contributed by atoms with Gasteiger partial charge in [0.1, 0.15) is 16.9 Å². The molecule has 0 radical (unpaired) electrons. The number of nitrogens with zero attached hydrogens (tertiary/aromatic N) is 1. The van der Waals surface area contributed by atoms with Crippen LogP contribution in [-0.4, -0.2) is 5.91 Å². The number of thiophene rings is 1. The summed E-state index contributed by atoms with van der Waals surface area (Å²) in [6, 6.07) is 7.62. The highest BCUT2D eigenvalue weighted by Crippen LogP contribution is 2.37. The van der Waals surface area contributed by atoms with Gasteiger partial charge in [-0.05, 0) is 55.5 Å². The Morgan fingerprint density at radius 2 is 1.91 bits per heavy atom. The van der Waals surface area contributed by atoms with Gasteiger partial charge in [0.05, 0.1) is 5.56 Å². The molecule has 1 aliphatic rings. The Balaban J connectivity index is 1.88. The van der Waals surface area contributed by atoms with Gasteiger partial charge in [0.2, 0.25) is 0 Å². The molecule has 0 atom stereocenters. The normalized spacial score (nSPS) is 13.8. The predicted octanol–water partition coefficient (Wildman–Crippen LogP) is 4.28. The van der Waals surface area contributed by atoms with E-state index in [1.807, 2.05) is 0 Å². The Bertz CT molecular complexity index is 743. The number of fused-ring (bicyclic) bond motifs is 1. The van der Waals surface area contributed by atoms with E-state index in [9.17, 15) is 14.4 Å². The number of nitriles is 1.